The SMILES string of the molecule is CC(Nc1cc(=O)n(C)c2ccc(Nc3ccnc(Cl)c3C#N)cc12)c1ccncn1. The third kappa shape index (κ3) is 4.04. The molecule has 3 aromatic heterocycles. The first-order chi connectivity index (χ1) is 15.0. The van der Waals surface area contributed by atoms with Gasteiger partial charge in [0, 0.05) is 42.3 Å². The number of aromatic nitrogens is 4. The molecule has 4 aromatic rings. The zero-order valence-electron chi connectivity index (χ0n) is 16.8. The molecule has 0 aliphatic carbocycles. The Kier molecular flexibility index (Phi) is 5.52. The summed E-state index contributed by atoms with van der Waals surface area (Å²) in [7, 11) is 1.73. The normalized spacial score (nSPS) is 11.7. The second kappa shape index (κ2) is 8.42. The standard InChI is InChI=1S/C22H18ClN7O/c1-13(17-5-7-25-12-27-17)28-19-10-21(31)30(2)20-4-3-14(9-15(19)20)29-18-6-8-26-22(23)16(18)11-24/h3-10,12-13,28H,1-2H3,(H,26,29). The van der Waals surface area contributed by atoms with Gasteiger partial charge in [-0.2, -0.15) is 5.26 Å². The Morgan fingerprint density at radius 2 is 1.97 bits per heavy atom. The van der Waals surface area contributed by atoms with E-state index in [1.54, 1.807) is 29.9 Å². The maximum absolute atomic E-state index is 12.5. The Hall–Kier alpha value is -3.96. The van der Waals surface area contributed by atoms with Gasteiger partial charge in [-0.1, -0.05) is 11.6 Å². The number of nitriles is 1. The molecule has 9 heteroatoms. The zero-order valence-corrected chi connectivity index (χ0v) is 17.6. The zero-order chi connectivity index (χ0) is 22.0. The maximum Gasteiger partial charge on any atom is 0.252 e. The Balaban J connectivity index is 1.77. The minimum absolute atomic E-state index is 0.127. The summed E-state index contributed by atoms with van der Waals surface area (Å²) in [5.41, 5.74) is 3.69. The first kappa shape index (κ1) is 20.3. The van der Waals surface area contributed by atoms with E-state index in [0.29, 0.717) is 11.4 Å². The third-order valence-electron chi connectivity index (χ3n) is 4.96. The predicted octanol–water partition coefficient (Wildman–Crippen LogP) is 4.17. The largest absolute Gasteiger partial charge is 0.376 e. The molecule has 0 amide bonds. The number of fused-ring (bicyclic) bond motifs is 1. The summed E-state index contributed by atoms with van der Waals surface area (Å²) in [6.07, 6.45) is 4.70. The van der Waals surface area contributed by atoms with Crippen molar-refractivity contribution >= 4 is 39.6 Å². The lowest BCUT2D eigenvalue weighted by Crippen LogP contribution is -2.18. The van der Waals surface area contributed by atoms with Gasteiger partial charge in [0.25, 0.3) is 5.56 Å². The van der Waals surface area contributed by atoms with Crippen LogP contribution in [0.1, 0.15) is 24.2 Å². The van der Waals surface area contributed by atoms with E-state index in [1.165, 1.54) is 12.5 Å². The number of rotatable bonds is 5. The van der Waals surface area contributed by atoms with E-state index in [4.69, 9.17) is 11.6 Å². The quantitative estimate of drug-likeness (QED) is 0.456. The van der Waals surface area contributed by atoms with Crippen LogP contribution in [0.5, 0.6) is 0 Å². The first-order valence-electron chi connectivity index (χ1n) is 9.46. The van der Waals surface area contributed by atoms with Crippen LogP contribution >= 0.6 is 11.6 Å². The molecular formula is C22H18ClN7O. The van der Waals surface area contributed by atoms with Crippen molar-refractivity contribution < 1.29 is 0 Å². The highest BCUT2D eigenvalue weighted by molar-refractivity contribution is 6.31. The van der Waals surface area contributed by atoms with Gasteiger partial charge in [0.2, 0.25) is 0 Å². The summed E-state index contributed by atoms with van der Waals surface area (Å²) < 4.78 is 1.59. The lowest BCUT2D eigenvalue weighted by Gasteiger charge is -2.18. The fourth-order valence-electron chi connectivity index (χ4n) is 3.32. The average molecular weight is 432 g/mol. The van der Waals surface area contributed by atoms with Crippen molar-refractivity contribution in [2.24, 2.45) is 7.05 Å². The van der Waals surface area contributed by atoms with E-state index in [-0.39, 0.29) is 22.3 Å². The molecule has 0 aliphatic rings. The molecule has 0 fully saturated rings. The molecule has 0 spiro atoms. The topological polar surface area (TPSA) is 109 Å². The van der Waals surface area contributed by atoms with Gasteiger partial charge >= 0.3 is 0 Å². The van der Waals surface area contributed by atoms with Gasteiger partial charge in [-0.3, -0.25) is 4.79 Å². The Labute approximate surface area is 183 Å². The molecule has 1 aromatic carbocycles. The predicted molar refractivity (Wildman–Crippen MR) is 121 cm³/mol. The summed E-state index contributed by atoms with van der Waals surface area (Å²) in [6.45, 7) is 1.96. The molecule has 0 bridgehead atoms. The van der Waals surface area contributed by atoms with E-state index >= 15 is 0 Å². The molecule has 154 valence electrons. The van der Waals surface area contributed by atoms with Crippen LogP contribution in [0.25, 0.3) is 10.9 Å². The molecule has 31 heavy (non-hydrogen) atoms. The van der Waals surface area contributed by atoms with Crippen LogP contribution < -0.4 is 16.2 Å². The second-order valence-corrected chi connectivity index (χ2v) is 7.31. The number of nitrogens with zero attached hydrogens (tertiary/aromatic N) is 5. The number of benzene rings is 1. The van der Waals surface area contributed by atoms with Crippen molar-refractivity contribution in [3.8, 4) is 6.07 Å². The van der Waals surface area contributed by atoms with Crippen molar-refractivity contribution in [2.45, 2.75) is 13.0 Å². The average Bonchev–Trinajstić information content (AvgIpc) is 2.78. The molecule has 0 saturated heterocycles. The number of pyridine rings is 2. The van der Waals surface area contributed by atoms with Crippen LogP contribution in [0, 0.1) is 11.3 Å². The van der Waals surface area contributed by atoms with Crippen molar-refractivity contribution in [3.05, 3.63) is 81.9 Å². The first-order valence-corrected chi connectivity index (χ1v) is 9.83. The molecule has 1 atom stereocenters. The van der Waals surface area contributed by atoms with Crippen LogP contribution in [0.2, 0.25) is 5.15 Å². The highest BCUT2D eigenvalue weighted by Crippen LogP contribution is 2.30. The van der Waals surface area contributed by atoms with Gasteiger partial charge in [-0.05, 0) is 37.3 Å². The van der Waals surface area contributed by atoms with Crippen molar-refractivity contribution in [2.75, 3.05) is 10.6 Å². The van der Waals surface area contributed by atoms with Crippen molar-refractivity contribution in [1.82, 2.24) is 19.5 Å². The highest BCUT2D eigenvalue weighted by Gasteiger charge is 2.13. The van der Waals surface area contributed by atoms with E-state index in [1.807, 2.05) is 31.2 Å². The molecule has 0 saturated carbocycles. The van der Waals surface area contributed by atoms with Crippen LogP contribution in [0.15, 0.2) is 59.9 Å². The minimum atomic E-state index is -0.140. The Morgan fingerprint density at radius 3 is 2.71 bits per heavy atom. The van der Waals surface area contributed by atoms with Gasteiger partial charge < -0.3 is 15.2 Å². The molecule has 1 unspecified atom stereocenters. The fraction of sp³-hybridized carbons (Fsp3) is 0.136. The van der Waals surface area contributed by atoms with Gasteiger partial charge in [-0.15, -0.1) is 0 Å². The summed E-state index contributed by atoms with van der Waals surface area (Å²) in [5.74, 6) is 0. The summed E-state index contributed by atoms with van der Waals surface area (Å²) in [4.78, 5) is 24.7. The van der Waals surface area contributed by atoms with Gasteiger partial charge in [0.15, 0.2) is 0 Å². The highest BCUT2D eigenvalue weighted by atomic mass is 35.5. The fourth-order valence-corrected chi connectivity index (χ4v) is 3.53. The minimum Gasteiger partial charge on any atom is -0.376 e. The number of aryl methyl sites for hydroxylation is 1. The molecule has 8 nitrogen and oxygen atoms in total. The lowest BCUT2D eigenvalue weighted by atomic mass is 10.1. The number of halogens is 1. The third-order valence-corrected chi connectivity index (χ3v) is 5.25. The number of anilines is 3. The molecule has 0 radical (unpaired) electrons. The van der Waals surface area contributed by atoms with Crippen LogP contribution in [-0.4, -0.2) is 19.5 Å². The molecule has 0 aliphatic heterocycles. The number of hydrogen-bond donors (Lipinski definition) is 2. The maximum atomic E-state index is 12.5. The van der Waals surface area contributed by atoms with Crippen LogP contribution in [0.3, 0.4) is 0 Å². The summed E-state index contributed by atoms with van der Waals surface area (Å²) in [6, 6.07) is 12.6. The monoisotopic (exact) mass is 431 g/mol. The lowest BCUT2D eigenvalue weighted by molar-refractivity contribution is 0.827. The van der Waals surface area contributed by atoms with Gasteiger partial charge in [0.05, 0.1) is 22.9 Å². The number of nitrogens with one attached hydrogen (secondary N) is 2. The Morgan fingerprint density at radius 1 is 1.13 bits per heavy atom. The van der Waals surface area contributed by atoms with Crippen molar-refractivity contribution in [3.63, 3.8) is 0 Å². The molecule has 4 rings (SSSR count). The second-order valence-electron chi connectivity index (χ2n) is 6.95. The number of hydrogen-bond acceptors (Lipinski definition) is 7. The summed E-state index contributed by atoms with van der Waals surface area (Å²) in [5, 5.41) is 17.0. The molecule has 2 N–H and O–H groups in total. The van der Waals surface area contributed by atoms with E-state index in [9.17, 15) is 10.1 Å². The van der Waals surface area contributed by atoms with E-state index in [2.05, 4.69) is 31.7 Å². The van der Waals surface area contributed by atoms with E-state index in [0.717, 1.165) is 22.3 Å². The summed E-state index contributed by atoms with van der Waals surface area (Å²) >= 11 is 6.04. The van der Waals surface area contributed by atoms with Crippen molar-refractivity contribution in [1.29, 1.82) is 5.26 Å². The molecule has 3 heterocycles. The Bertz CT molecular complexity index is 1360. The molecular weight excluding hydrogens is 414 g/mol. The van der Waals surface area contributed by atoms with Gasteiger partial charge in [0.1, 0.15) is 23.1 Å². The van der Waals surface area contributed by atoms with Crippen LogP contribution in [0.4, 0.5) is 17.1 Å². The van der Waals surface area contributed by atoms with Crippen LogP contribution in [-0.2, 0) is 7.05 Å². The smallest absolute Gasteiger partial charge is 0.252 e. The van der Waals surface area contributed by atoms with E-state index < -0.39 is 0 Å². The van der Waals surface area contributed by atoms with Gasteiger partial charge in [-0.25, -0.2) is 15.0 Å².